The zero-order chi connectivity index (χ0) is 18.5. The van der Waals surface area contributed by atoms with E-state index in [1.165, 1.54) is 0 Å². The van der Waals surface area contributed by atoms with E-state index in [0.717, 1.165) is 17.7 Å². The highest BCUT2D eigenvalue weighted by Gasteiger charge is 2.25. The van der Waals surface area contributed by atoms with E-state index < -0.39 is 6.03 Å². The molecule has 0 saturated heterocycles. The van der Waals surface area contributed by atoms with Gasteiger partial charge < -0.3 is 15.4 Å². The van der Waals surface area contributed by atoms with Crippen molar-refractivity contribution in [2.75, 3.05) is 19.7 Å². The van der Waals surface area contributed by atoms with Gasteiger partial charge in [0.25, 0.3) is 5.91 Å². The van der Waals surface area contributed by atoms with E-state index in [1.807, 2.05) is 24.3 Å². The summed E-state index contributed by atoms with van der Waals surface area (Å²) in [5, 5.41) is 9.59. The Balaban J connectivity index is 1.62. The lowest BCUT2D eigenvalue weighted by Crippen LogP contribution is -2.37. The minimum atomic E-state index is -0.933. The Kier molecular flexibility index (Phi) is 5.33. The number of urea groups is 1. The molecule has 0 aliphatic carbocycles. The summed E-state index contributed by atoms with van der Waals surface area (Å²) >= 11 is 0. The Morgan fingerprint density at radius 1 is 1.35 bits per heavy atom. The maximum atomic E-state index is 12.7. The van der Waals surface area contributed by atoms with Crippen molar-refractivity contribution in [1.29, 1.82) is 0 Å². The topological polar surface area (TPSA) is 109 Å². The van der Waals surface area contributed by atoms with Gasteiger partial charge in [0.2, 0.25) is 0 Å². The summed E-state index contributed by atoms with van der Waals surface area (Å²) in [6.45, 7) is 1.15. The predicted molar refractivity (Wildman–Crippen MR) is 92.7 cm³/mol. The van der Waals surface area contributed by atoms with E-state index in [2.05, 4.69) is 4.98 Å². The molecule has 8 heteroatoms. The summed E-state index contributed by atoms with van der Waals surface area (Å²) in [7, 11) is 0. The molecule has 1 aliphatic heterocycles. The number of amides is 3. The first kappa shape index (κ1) is 17.7. The largest absolute Gasteiger partial charge is 0.492 e. The molecule has 3 amide bonds. The molecule has 8 nitrogen and oxygen atoms in total. The van der Waals surface area contributed by atoms with Crippen LogP contribution in [0.1, 0.15) is 21.6 Å². The van der Waals surface area contributed by atoms with Gasteiger partial charge in [-0.25, -0.2) is 9.86 Å². The average Bonchev–Trinajstić information content (AvgIpc) is 2.65. The lowest BCUT2D eigenvalue weighted by Gasteiger charge is -2.28. The van der Waals surface area contributed by atoms with Gasteiger partial charge in [0.05, 0.1) is 18.8 Å². The third-order valence-corrected chi connectivity index (χ3v) is 4.15. The van der Waals surface area contributed by atoms with Gasteiger partial charge in [-0.2, -0.15) is 0 Å². The molecule has 0 radical (unpaired) electrons. The van der Waals surface area contributed by atoms with Crippen molar-refractivity contribution < 1.29 is 19.5 Å². The van der Waals surface area contributed by atoms with Crippen molar-refractivity contribution in [3.8, 4) is 5.75 Å². The summed E-state index contributed by atoms with van der Waals surface area (Å²) in [6, 6.07) is 9.97. The molecule has 0 bridgehead atoms. The van der Waals surface area contributed by atoms with Crippen LogP contribution in [0.3, 0.4) is 0 Å². The number of carbonyl (C=O) groups excluding carboxylic acids is 2. The fraction of sp³-hybridized carbons (Fsp3) is 0.278. The van der Waals surface area contributed by atoms with Crippen LogP contribution in [0.15, 0.2) is 42.6 Å². The predicted octanol–water partition coefficient (Wildman–Crippen LogP) is 1.43. The number of benzene rings is 1. The maximum Gasteiger partial charge on any atom is 0.338 e. The van der Waals surface area contributed by atoms with Crippen LogP contribution in [0.4, 0.5) is 4.79 Å². The zero-order valence-electron chi connectivity index (χ0n) is 14.2. The number of primary amides is 1. The van der Waals surface area contributed by atoms with Crippen molar-refractivity contribution in [1.82, 2.24) is 14.9 Å². The van der Waals surface area contributed by atoms with Gasteiger partial charge in [0.1, 0.15) is 12.4 Å². The number of nitrogens with two attached hydrogens (primary N) is 1. The molecule has 136 valence electrons. The maximum absolute atomic E-state index is 12.7. The molecule has 3 N–H and O–H groups in total. The molecule has 1 aliphatic rings. The van der Waals surface area contributed by atoms with Gasteiger partial charge in [-0.1, -0.05) is 6.07 Å². The summed E-state index contributed by atoms with van der Waals surface area (Å²) in [6.07, 6.45) is 2.44. The van der Waals surface area contributed by atoms with Gasteiger partial charge in [-0.3, -0.25) is 15.0 Å². The first-order valence-electron chi connectivity index (χ1n) is 8.25. The molecule has 0 fully saturated rings. The second-order valence-electron chi connectivity index (χ2n) is 5.93. The molecule has 26 heavy (non-hydrogen) atoms. The third kappa shape index (κ3) is 4.09. The molecule has 1 aromatic carbocycles. The van der Waals surface area contributed by atoms with Crippen LogP contribution in [0.25, 0.3) is 0 Å². The molecule has 2 aromatic rings. The minimum absolute atomic E-state index is 0.0290. The summed E-state index contributed by atoms with van der Waals surface area (Å²) < 4.78 is 5.51. The highest BCUT2D eigenvalue weighted by molar-refractivity contribution is 5.96. The van der Waals surface area contributed by atoms with Gasteiger partial charge in [0, 0.05) is 18.3 Å². The number of pyridine rings is 1. The van der Waals surface area contributed by atoms with Crippen molar-refractivity contribution in [2.24, 2.45) is 5.73 Å². The van der Waals surface area contributed by atoms with Crippen molar-refractivity contribution in [2.45, 2.75) is 13.0 Å². The average molecular weight is 356 g/mol. The molecule has 0 spiro atoms. The van der Waals surface area contributed by atoms with E-state index in [0.29, 0.717) is 29.5 Å². The molecule has 0 atom stereocenters. The summed E-state index contributed by atoms with van der Waals surface area (Å²) in [4.78, 5) is 29.4. The molecule has 0 unspecified atom stereocenters. The van der Waals surface area contributed by atoms with E-state index in [4.69, 9.17) is 10.5 Å². The first-order chi connectivity index (χ1) is 12.5. The highest BCUT2D eigenvalue weighted by Crippen LogP contribution is 2.24. The Morgan fingerprint density at radius 2 is 2.19 bits per heavy atom. The Bertz CT molecular complexity index is 797. The van der Waals surface area contributed by atoms with E-state index >= 15 is 0 Å². The molecule has 2 heterocycles. The molecule has 3 rings (SSSR count). The minimum Gasteiger partial charge on any atom is -0.492 e. The number of nitrogens with zero attached hydrogens (tertiary/aromatic N) is 3. The SMILES string of the molecule is NC(=O)N(O)CCOc1ccc2c(c1)CCN(Cc1ccccn1)C2=O. The number of ether oxygens (including phenoxy) is 1. The third-order valence-electron chi connectivity index (χ3n) is 4.15. The van der Waals surface area contributed by atoms with E-state index in [1.54, 1.807) is 23.2 Å². The number of carbonyl (C=O) groups is 2. The Hall–Kier alpha value is -3.13. The lowest BCUT2D eigenvalue weighted by molar-refractivity contribution is -0.0464. The molecule has 1 aromatic heterocycles. The fourth-order valence-electron chi connectivity index (χ4n) is 2.80. The van der Waals surface area contributed by atoms with Crippen LogP contribution in [0.2, 0.25) is 0 Å². The molecular weight excluding hydrogens is 336 g/mol. The van der Waals surface area contributed by atoms with Gasteiger partial charge in [-0.15, -0.1) is 0 Å². The van der Waals surface area contributed by atoms with Crippen LogP contribution in [-0.2, 0) is 13.0 Å². The van der Waals surface area contributed by atoms with E-state index in [-0.39, 0.29) is 19.1 Å². The number of rotatable bonds is 6. The number of hydrogen-bond donors (Lipinski definition) is 2. The number of fused-ring (bicyclic) bond motifs is 1. The van der Waals surface area contributed by atoms with E-state index in [9.17, 15) is 14.8 Å². The standard InChI is InChI=1S/C18H20N4O4/c19-18(24)22(25)9-10-26-15-4-5-16-13(11-15)6-8-21(17(16)23)12-14-3-1-2-7-20-14/h1-5,7,11,25H,6,8-10,12H2,(H2,19,24). The molecule has 0 saturated carbocycles. The Morgan fingerprint density at radius 3 is 2.92 bits per heavy atom. The zero-order valence-corrected chi connectivity index (χ0v) is 14.2. The monoisotopic (exact) mass is 356 g/mol. The Labute approximate surface area is 150 Å². The van der Waals surface area contributed by atoms with Crippen LogP contribution in [0.5, 0.6) is 5.75 Å². The van der Waals surface area contributed by atoms with Crippen LogP contribution >= 0.6 is 0 Å². The molecular formula is C18H20N4O4. The number of aromatic nitrogens is 1. The van der Waals surface area contributed by atoms with Gasteiger partial charge >= 0.3 is 6.03 Å². The van der Waals surface area contributed by atoms with Crippen molar-refractivity contribution in [3.63, 3.8) is 0 Å². The number of hydroxylamine groups is 2. The van der Waals surface area contributed by atoms with Crippen LogP contribution in [-0.4, -0.2) is 51.8 Å². The summed E-state index contributed by atoms with van der Waals surface area (Å²) in [5.41, 5.74) is 7.35. The highest BCUT2D eigenvalue weighted by atomic mass is 16.5. The smallest absolute Gasteiger partial charge is 0.338 e. The second-order valence-corrected chi connectivity index (χ2v) is 5.93. The summed E-state index contributed by atoms with van der Waals surface area (Å²) in [5.74, 6) is 0.548. The van der Waals surface area contributed by atoms with Crippen molar-refractivity contribution in [3.05, 3.63) is 59.4 Å². The van der Waals surface area contributed by atoms with Crippen LogP contribution < -0.4 is 10.5 Å². The lowest BCUT2D eigenvalue weighted by atomic mass is 9.98. The quantitative estimate of drug-likeness (QED) is 0.601. The fourth-order valence-corrected chi connectivity index (χ4v) is 2.80. The van der Waals surface area contributed by atoms with Gasteiger partial charge in [0.15, 0.2) is 0 Å². The van der Waals surface area contributed by atoms with Crippen LogP contribution in [0, 0.1) is 0 Å². The first-order valence-corrected chi connectivity index (χ1v) is 8.25. The number of hydrogen-bond acceptors (Lipinski definition) is 5. The normalized spacial score (nSPS) is 13.3. The van der Waals surface area contributed by atoms with Gasteiger partial charge in [-0.05, 0) is 42.3 Å². The second kappa shape index (κ2) is 7.83. The van der Waals surface area contributed by atoms with Crippen molar-refractivity contribution >= 4 is 11.9 Å².